The summed E-state index contributed by atoms with van der Waals surface area (Å²) in [6, 6.07) is 3.34. The van der Waals surface area contributed by atoms with E-state index in [9.17, 15) is 8.42 Å². The van der Waals surface area contributed by atoms with Crippen LogP contribution in [0.3, 0.4) is 0 Å². The van der Waals surface area contributed by atoms with Crippen LogP contribution in [0, 0.1) is 0 Å². The second kappa shape index (κ2) is 5.17. The van der Waals surface area contributed by atoms with Crippen LogP contribution < -0.4 is 5.14 Å². The zero-order chi connectivity index (χ0) is 11.1. The first-order chi connectivity index (χ1) is 7.11. The second-order valence-electron chi connectivity index (χ2n) is 2.34. The molecule has 0 unspecified atom stereocenters. The minimum absolute atomic E-state index is 0.352. The zero-order valence-electron chi connectivity index (χ0n) is 7.61. The predicted octanol–water partition coefficient (Wildman–Crippen LogP) is -0.466. The van der Waals surface area contributed by atoms with E-state index in [0.29, 0.717) is 0 Å². The number of nitrogens with one attached hydrogen (secondary N) is 1. The molecule has 0 bridgehead atoms. The minimum Gasteiger partial charge on any atom is -0.286 e. The van der Waals surface area contributed by atoms with E-state index < -0.39 is 10.0 Å². The lowest BCUT2D eigenvalue weighted by Gasteiger charge is -1.91. The molecule has 0 fully saturated rings. The van der Waals surface area contributed by atoms with Crippen molar-refractivity contribution in [2.24, 2.45) is 5.14 Å². The maximum Gasteiger partial charge on any atom is 0.273 e. The van der Waals surface area contributed by atoms with Crippen LogP contribution in [0.1, 0.15) is 0 Å². The first kappa shape index (κ1) is 11.3. The maximum absolute atomic E-state index is 10.5. The molecule has 15 heavy (non-hydrogen) atoms. The van der Waals surface area contributed by atoms with Crippen LogP contribution in [0.2, 0.25) is 0 Å². The molecular formula is C7H9N5O2S. The summed E-state index contributed by atoms with van der Waals surface area (Å²) >= 11 is 0. The van der Waals surface area contributed by atoms with Crippen LogP contribution in [-0.2, 0) is 10.0 Å². The van der Waals surface area contributed by atoms with Gasteiger partial charge >= 0.3 is 0 Å². The van der Waals surface area contributed by atoms with Gasteiger partial charge in [0, 0.05) is 24.8 Å². The Morgan fingerprint density at radius 2 is 1.80 bits per heavy atom. The summed E-state index contributed by atoms with van der Waals surface area (Å²) in [5, 5.41) is 10.6. The Hall–Kier alpha value is -1.80. The molecule has 0 saturated carbocycles. The molecule has 0 aliphatic rings. The normalized spacial score (nSPS) is 10.2. The van der Waals surface area contributed by atoms with E-state index >= 15 is 0 Å². The van der Waals surface area contributed by atoms with E-state index in [1.54, 1.807) is 12.4 Å². The van der Waals surface area contributed by atoms with Crippen molar-refractivity contribution in [1.82, 2.24) is 20.2 Å². The van der Waals surface area contributed by atoms with E-state index in [2.05, 4.69) is 20.2 Å². The molecule has 0 spiro atoms. The lowest BCUT2D eigenvalue weighted by atomic mass is 10.7. The Kier molecular flexibility index (Phi) is 3.89. The number of aromatic amines is 1. The second-order valence-corrected chi connectivity index (χ2v) is 3.80. The van der Waals surface area contributed by atoms with Gasteiger partial charge in [-0.3, -0.25) is 5.10 Å². The Labute approximate surface area is 86.4 Å². The molecule has 2 aromatic heterocycles. The van der Waals surface area contributed by atoms with Gasteiger partial charge in [-0.15, -0.1) is 0 Å². The van der Waals surface area contributed by atoms with E-state index in [0.717, 1.165) is 0 Å². The minimum atomic E-state index is -3.73. The lowest BCUT2D eigenvalue weighted by Crippen LogP contribution is -2.15. The van der Waals surface area contributed by atoms with Gasteiger partial charge in [-0.1, -0.05) is 0 Å². The number of primary sulfonamides is 1. The highest BCUT2D eigenvalue weighted by molar-refractivity contribution is 7.89. The third-order valence-electron chi connectivity index (χ3n) is 1.20. The molecule has 2 rings (SSSR count). The summed E-state index contributed by atoms with van der Waals surface area (Å²) in [6.45, 7) is 0. The average molecular weight is 227 g/mol. The molecule has 0 aliphatic carbocycles. The van der Waals surface area contributed by atoms with Gasteiger partial charge in [-0.05, 0) is 12.1 Å². The third kappa shape index (κ3) is 4.29. The van der Waals surface area contributed by atoms with Crippen LogP contribution in [0.15, 0.2) is 42.1 Å². The van der Waals surface area contributed by atoms with Gasteiger partial charge in [0.05, 0.1) is 0 Å². The van der Waals surface area contributed by atoms with Crippen LogP contribution in [-0.4, -0.2) is 28.6 Å². The van der Waals surface area contributed by atoms with Crippen molar-refractivity contribution in [3.63, 3.8) is 0 Å². The van der Waals surface area contributed by atoms with Crippen molar-refractivity contribution in [2.75, 3.05) is 0 Å². The number of hydrogen-bond donors (Lipinski definition) is 2. The SMILES string of the molecule is NS(=O)(=O)c1ncccn1.c1cn[nH]c1. The fourth-order valence-corrected chi connectivity index (χ4v) is 1.06. The molecular weight excluding hydrogens is 218 g/mol. The lowest BCUT2D eigenvalue weighted by molar-refractivity contribution is 0.588. The molecule has 0 amide bonds. The predicted molar refractivity (Wildman–Crippen MR) is 52.0 cm³/mol. The van der Waals surface area contributed by atoms with Gasteiger partial charge < -0.3 is 0 Å². The first-order valence-electron chi connectivity index (χ1n) is 3.84. The number of nitrogens with zero attached hydrogens (tertiary/aromatic N) is 3. The Morgan fingerprint density at radius 3 is 2.07 bits per heavy atom. The molecule has 2 heterocycles. The summed E-state index contributed by atoms with van der Waals surface area (Å²) in [4.78, 5) is 6.85. The number of sulfonamides is 1. The Balaban J connectivity index is 0.000000187. The number of aromatic nitrogens is 4. The highest BCUT2D eigenvalue weighted by Gasteiger charge is 2.08. The van der Waals surface area contributed by atoms with Gasteiger partial charge in [0.25, 0.3) is 15.2 Å². The van der Waals surface area contributed by atoms with Crippen molar-refractivity contribution < 1.29 is 8.42 Å². The molecule has 80 valence electrons. The van der Waals surface area contributed by atoms with Crippen LogP contribution in [0.25, 0.3) is 0 Å². The van der Waals surface area contributed by atoms with Crippen LogP contribution in [0.4, 0.5) is 0 Å². The van der Waals surface area contributed by atoms with Crippen LogP contribution >= 0.6 is 0 Å². The van der Waals surface area contributed by atoms with Crippen molar-refractivity contribution in [2.45, 2.75) is 5.16 Å². The molecule has 3 N–H and O–H groups in total. The maximum atomic E-state index is 10.5. The summed E-state index contributed by atoms with van der Waals surface area (Å²) in [5.74, 6) is 0. The number of hydrogen-bond acceptors (Lipinski definition) is 5. The molecule has 0 radical (unpaired) electrons. The standard InChI is InChI=1S/C4H5N3O2S.C3H4N2/c5-10(8,9)4-6-2-1-3-7-4;1-2-4-5-3-1/h1-3H,(H2,5,8,9);1-3H,(H,4,5). The van der Waals surface area contributed by atoms with Gasteiger partial charge in [0.15, 0.2) is 0 Å². The smallest absolute Gasteiger partial charge is 0.273 e. The summed E-state index contributed by atoms with van der Waals surface area (Å²) < 4.78 is 21.0. The molecule has 0 atom stereocenters. The monoisotopic (exact) mass is 227 g/mol. The largest absolute Gasteiger partial charge is 0.286 e. The number of H-pyrrole nitrogens is 1. The molecule has 2 aromatic rings. The number of rotatable bonds is 1. The van der Waals surface area contributed by atoms with Gasteiger partial charge in [0.1, 0.15) is 0 Å². The summed E-state index contributed by atoms with van der Waals surface area (Å²) in [6.07, 6.45) is 6.08. The first-order valence-corrected chi connectivity index (χ1v) is 5.39. The molecule has 7 nitrogen and oxygen atoms in total. The van der Waals surface area contributed by atoms with E-state index in [-0.39, 0.29) is 5.16 Å². The summed E-state index contributed by atoms with van der Waals surface area (Å²) in [7, 11) is -3.73. The van der Waals surface area contributed by atoms with Crippen molar-refractivity contribution in [3.05, 3.63) is 36.9 Å². The van der Waals surface area contributed by atoms with E-state index in [4.69, 9.17) is 5.14 Å². The van der Waals surface area contributed by atoms with Gasteiger partial charge in [0.2, 0.25) is 0 Å². The molecule has 8 heteroatoms. The van der Waals surface area contributed by atoms with Crippen LogP contribution in [0.5, 0.6) is 0 Å². The average Bonchev–Trinajstić information content (AvgIpc) is 2.76. The van der Waals surface area contributed by atoms with E-state index in [1.165, 1.54) is 18.5 Å². The fourth-order valence-electron chi connectivity index (χ4n) is 0.648. The molecule has 0 aromatic carbocycles. The highest BCUT2D eigenvalue weighted by Crippen LogP contribution is 1.92. The highest BCUT2D eigenvalue weighted by atomic mass is 32.2. The Bertz CT molecular complexity index is 450. The quantitative estimate of drug-likeness (QED) is 0.639. The third-order valence-corrected chi connectivity index (χ3v) is 1.92. The summed E-state index contributed by atoms with van der Waals surface area (Å²) in [5.41, 5.74) is 0. The number of nitrogens with two attached hydrogens (primary N) is 1. The van der Waals surface area contributed by atoms with E-state index in [1.807, 2.05) is 6.07 Å². The topological polar surface area (TPSA) is 115 Å². The molecule has 0 aliphatic heterocycles. The fraction of sp³-hybridized carbons (Fsp3) is 0. The van der Waals surface area contributed by atoms with Gasteiger partial charge in [-0.25, -0.2) is 23.5 Å². The Morgan fingerprint density at radius 1 is 1.13 bits per heavy atom. The molecule has 0 saturated heterocycles. The van der Waals surface area contributed by atoms with Crippen molar-refractivity contribution >= 4 is 10.0 Å². The van der Waals surface area contributed by atoms with Crippen molar-refractivity contribution in [1.29, 1.82) is 0 Å². The zero-order valence-corrected chi connectivity index (χ0v) is 8.42. The van der Waals surface area contributed by atoms with Crippen molar-refractivity contribution in [3.8, 4) is 0 Å². The van der Waals surface area contributed by atoms with Gasteiger partial charge in [-0.2, -0.15) is 5.10 Å².